The number of amides is 1. The molecule has 0 fully saturated rings. The zero-order valence-corrected chi connectivity index (χ0v) is 15.7. The highest BCUT2D eigenvalue weighted by Gasteiger charge is 2.19. The number of aromatic nitrogens is 2. The molecule has 1 amide bonds. The molecule has 0 bridgehead atoms. The maximum atomic E-state index is 13.7. The average molecular weight is 401 g/mol. The van der Waals surface area contributed by atoms with Gasteiger partial charge in [0.05, 0.1) is 24.8 Å². The second kappa shape index (κ2) is 6.75. The van der Waals surface area contributed by atoms with Crippen LogP contribution in [0, 0.1) is 5.82 Å². The molecule has 0 saturated heterocycles. The third-order valence-corrected chi connectivity index (χ3v) is 5.52. The molecule has 9 heteroatoms. The molecule has 0 radical (unpaired) electrons. The van der Waals surface area contributed by atoms with Crippen LogP contribution in [0.4, 0.5) is 10.1 Å². The Hall–Kier alpha value is -3.20. The summed E-state index contributed by atoms with van der Waals surface area (Å²) in [5, 5.41) is 2.60. The van der Waals surface area contributed by atoms with Gasteiger partial charge in [-0.3, -0.25) is 4.79 Å². The molecule has 2 aromatic carbocycles. The van der Waals surface area contributed by atoms with Gasteiger partial charge in [-0.25, -0.2) is 17.8 Å². The van der Waals surface area contributed by atoms with Gasteiger partial charge in [0.1, 0.15) is 23.1 Å². The summed E-state index contributed by atoms with van der Waals surface area (Å²) in [5.41, 5.74) is 2.10. The van der Waals surface area contributed by atoms with Crippen molar-refractivity contribution in [1.29, 1.82) is 0 Å². The molecular formula is C19H16FN3O4S. The van der Waals surface area contributed by atoms with Crippen molar-refractivity contribution in [2.45, 2.75) is 11.4 Å². The van der Waals surface area contributed by atoms with Crippen molar-refractivity contribution >= 4 is 21.4 Å². The predicted octanol–water partition coefficient (Wildman–Crippen LogP) is 2.74. The van der Waals surface area contributed by atoms with Gasteiger partial charge in [0.25, 0.3) is 5.91 Å². The number of hydrogen-bond donors (Lipinski definition) is 1. The molecule has 4 rings (SSSR count). The lowest BCUT2D eigenvalue weighted by molar-refractivity contribution is 0.102. The molecule has 2 heterocycles. The lowest BCUT2D eigenvalue weighted by Gasteiger charge is -2.11. The minimum Gasteiger partial charge on any atom is -0.491 e. The van der Waals surface area contributed by atoms with Crippen molar-refractivity contribution in [2.75, 3.05) is 18.2 Å². The van der Waals surface area contributed by atoms with Crippen LogP contribution < -0.4 is 10.1 Å². The number of nitrogens with one attached hydrogen (secondary N) is 1. The van der Waals surface area contributed by atoms with Crippen molar-refractivity contribution in [1.82, 2.24) is 9.55 Å². The lowest BCUT2D eigenvalue weighted by Crippen LogP contribution is -2.13. The second-order valence-corrected chi connectivity index (χ2v) is 8.39. The van der Waals surface area contributed by atoms with E-state index in [9.17, 15) is 17.6 Å². The summed E-state index contributed by atoms with van der Waals surface area (Å²) in [6, 6.07) is 8.42. The van der Waals surface area contributed by atoms with Crippen LogP contribution in [0.25, 0.3) is 11.3 Å². The number of fused-ring (bicyclic) bond motifs is 3. The van der Waals surface area contributed by atoms with Crippen LogP contribution in [0.5, 0.6) is 5.75 Å². The van der Waals surface area contributed by atoms with E-state index in [-0.39, 0.29) is 5.69 Å². The number of hydrogen-bond acceptors (Lipinski definition) is 5. The van der Waals surface area contributed by atoms with Crippen molar-refractivity contribution in [3.8, 4) is 17.0 Å². The van der Waals surface area contributed by atoms with Crippen molar-refractivity contribution in [3.05, 3.63) is 60.3 Å². The first-order chi connectivity index (χ1) is 13.3. The zero-order valence-electron chi connectivity index (χ0n) is 14.8. The monoisotopic (exact) mass is 401 g/mol. The SMILES string of the molecule is CS(=O)(=O)c1cc(NC(=O)c2ccc3c(c2)-c2cncn2CCO3)ccc1F. The van der Waals surface area contributed by atoms with E-state index in [1.165, 1.54) is 6.07 Å². The highest BCUT2D eigenvalue weighted by Crippen LogP contribution is 2.33. The van der Waals surface area contributed by atoms with Gasteiger partial charge in [0.2, 0.25) is 0 Å². The molecule has 1 aliphatic rings. The van der Waals surface area contributed by atoms with Gasteiger partial charge >= 0.3 is 0 Å². The van der Waals surface area contributed by atoms with E-state index in [2.05, 4.69) is 10.3 Å². The number of halogens is 1. The number of rotatable bonds is 3. The molecule has 0 unspecified atom stereocenters. The van der Waals surface area contributed by atoms with Crippen LogP contribution >= 0.6 is 0 Å². The molecule has 7 nitrogen and oxygen atoms in total. The highest BCUT2D eigenvalue weighted by atomic mass is 32.2. The van der Waals surface area contributed by atoms with E-state index < -0.39 is 26.5 Å². The molecule has 0 aliphatic carbocycles. The third-order valence-electron chi connectivity index (χ3n) is 4.41. The average Bonchev–Trinajstić information content (AvgIpc) is 3.04. The van der Waals surface area contributed by atoms with Crippen LogP contribution in [-0.4, -0.2) is 36.7 Å². The molecule has 28 heavy (non-hydrogen) atoms. The zero-order chi connectivity index (χ0) is 19.9. The van der Waals surface area contributed by atoms with Gasteiger partial charge in [-0.15, -0.1) is 0 Å². The Morgan fingerprint density at radius 1 is 1.25 bits per heavy atom. The molecule has 144 valence electrons. The molecule has 1 aliphatic heterocycles. The van der Waals surface area contributed by atoms with E-state index in [0.29, 0.717) is 24.5 Å². The predicted molar refractivity (Wildman–Crippen MR) is 101 cm³/mol. The summed E-state index contributed by atoms with van der Waals surface area (Å²) in [5.74, 6) is -0.669. The van der Waals surface area contributed by atoms with E-state index in [1.54, 1.807) is 30.7 Å². The molecule has 0 spiro atoms. The van der Waals surface area contributed by atoms with E-state index >= 15 is 0 Å². The Morgan fingerprint density at radius 3 is 2.86 bits per heavy atom. The summed E-state index contributed by atoms with van der Waals surface area (Å²) < 4.78 is 44.7. The number of sulfone groups is 1. The van der Waals surface area contributed by atoms with Crippen LogP contribution in [0.15, 0.2) is 53.8 Å². The fourth-order valence-electron chi connectivity index (χ4n) is 3.04. The number of nitrogens with zero attached hydrogens (tertiary/aromatic N) is 2. The number of carbonyl (C=O) groups is 1. The standard InChI is InChI=1S/C19H16FN3O4S/c1-28(25,26)18-9-13(3-4-15(18)20)22-19(24)12-2-5-17-14(8-12)16-10-21-11-23(16)6-7-27-17/h2-5,8-11H,6-7H2,1H3,(H,22,24). The molecule has 1 N–H and O–H groups in total. The summed E-state index contributed by atoms with van der Waals surface area (Å²) in [6.07, 6.45) is 4.31. The summed E-state index contributed by atoms with van der Waals surface area (Å²) in [7, 11) is -3.75. The quantitative estimate of drug-likeness (QED) is 0.729. The van der Waals surface area contributed by atoms with Gasteiger partial charge < -0.3 is 14.6 Å². The third kappa shape index (κ3) is 3.36. The van der Waals surface area contributed by atoms with Gasteiger partial charge in [0, 0.05) is 23.1 Å². The Bertz CT molecular complexity index is 1190. The van der Waals surface area contributed by atoms with Crippen molar-refractivity contribution in [3.63, 3.8) is 0 Å². The topological polar surface area (TPSA) is 90.3 Å². The van der Waals surface area contributed by atoms with Gasteiger partial charge in [0.15, 0.2) is 9.84 Å². The van der Waals surface area contributed by atoms with Crippen molar-refractivity contribution < 1.29 is 22.3 Å². The maximum Gasteiger partial charge on any atom is 0.255 e. The van der Waals surface area contributed by atoms with Crippen LogP contribution in [0.3, 0.4) is 0 Å². The Morgan fingerprint density at radius 2 is 2.07 bits per heavy atom. The molecular weight excluding hydrogens is 385 g/mol. The van der Waals surface area contributed by atoms with Gasteiger partial charge in [-0.2, -0.15) is 0 Å². The van der Waals surface area contributed by atoms with Gasteiger partial charge in [-0.1, -0.05) is 0 Å². The second-order valence-electron chi connectivity index (χ2n) is 6.40. The number of benzene rings is 2. The van der Waals surface area contributed by atoms with Gasteiger partial charge in [-0.05, 0) is 36.4 Å². The molecule has 1 aromatic heterocycles. The molecule has 0 saturated carbocycles. The summed E-state index contributed by atoms with van der Waals surface area (Å²) in [4.78, 5) is 16.3. The van der Waals surface area contributed by atoms with Crippen LogP contribution in [0.2, 0.25) is 0 Å². The Balaban J connectivity index is 1.66. The first kappa shape index (κ1) is 18.2. The Kier molecular flexibility index (Phi) is 4.38. The minimum atomic E-state index is -3.75. The fourth-order valence-corrected chi connectivity index (χ4v) is 3.81. The maximum absolute atomic E-state index is 13.7. The smallest absolute Gasteiger partial charge is 0.255 e. The number of anilines is 1. The molecule has 0 atom stereocenters. The largest absolute Gasteiger partial charge is 0.491 e. The first-order valence-corrected chi connectivity index (χ1v) is 10.3. The van der Waals surface area contributed by atoms with E-state index in [0.717, 1.165) is 29.6 Å². The number of imidazole rings is 1. The Labute approximate surface area is 160 Å². The van der Waals surface area contributed by atoms with Crippen LogP contribution in [-0.2, 0) is 16.4 Å². The number of carbonyl (C=O) groups excluding carboxylic acids is 1. The van der Waals surface area contributed by atoms with E-state index in [1.807, 2.05) is 4.57 Å². The van der Waals surface area contributed by atoms with Crippen molar-refractivity contribution in [2.24, 2.45) is 0 Å². The summed E-state index contributed by atoms with van der Waals surface area (Å²) >= 11 is 0. The minimum absolute atomic E-state index is 0.183. The lowest BCUT2D eigenvalue weighted by atomic mass is 10.1. The van der Waals surface area contributed by atoms with E-state index in [4.69, 9.17) is 4.74 Å². The number of ether oxygens (including phenoxy) is 1. The van der Waals surface area contributed by atoms with Crippen LogP contribution in [0.1, 0.15) is 10.4 Å². The summed E-state index contributed by atoms with van der Waals surface area (Å²) in [6.45, 7) is 1.14. The first-order valence-electron chi connectivity index (χ1n) is 8.41. The molecule has 3 aromatic rings. The highest BCUT2D eigenvalue weighted by molar-refractivity contribution is 7.90. The normalized spacial score (nSPS) is 13.1. The fraction of sp³-hybridized carbons (Fsp3) is 0.158.